The molecule has 0 radical (unpaired) electrons. The van der Waals surface area contributed by atoms with Gasteiger partial charge < -0.3 is 56.3 Å². The Morgan fingerprint density at radius 1 is 0.756 bits per heavy atom. The first-order valence-electron chi connectivity index (χ1n) is 31.1. The molecule has 0 bridgehead atoms. The van der Waals surface area contributed by atoms with E-state index in [0.717, 1.165) is 4.90 Å². The Morgan fingerprint density at radius 2 is 1.34 bits per heavy atom. The van der Waals surface area contributed by atoms with Crippen LogP contribution in [0.2, 0.25) is 0 Å². The van der Waals surface area contributed by atoms with E-state index in [9.17, 15) is 56.4 Å². The molecule has 1 saturated heterocycles. The molecular weight excluding hydrogens is 1180 g/mol. The van der Waals surface area contributed by atoms with Crippen molar-refractivity contribution in [3.8, 4) is 0 Å². The Bertz CT molecular complexity index is 2770. The van der Waals surface area contributed by atoms with Crippen molar-refractivity contribution < 1.29 is 70.6 Å². The second kappa shape index (κ2) is 34.8. The number of methoxy groups -OCH3 is 2. The number of hydrogen-bond donors (Lipinski definition) is 7. The lowest BCUT2D eigenvalue weighted by atomic mass is 9.89. The fraction of sp³-hybridized carbons (Fsp3) is 0.714. The summed E-state index contributed by atoms with van der Waals surface area (Å²) in [5.74, 6) is -6.40. The summed E-state index contributed by atoms with van der Waals surface area (Å²) in [6.07, 6.45) is 2.38. The third kappa shape index (κ3) is 22.7. The zero-order valence-electron chi connectivity index (χ0n) is 56.4. The van der Waals surface area contributed by atoms with Crippen LogP contribution in [0.4, 0.5) is 10.5 Å². The fourth-order valence-electron chi connectivity index (χ4n) is 11.6. The molecule has 10 atom stereocenters. The maximum atomic E-state index is 14.5. The lowest BCUT2D eigenvalue weighted by molar-refractivity contribution is -0.148. The Balaban J connectivity index is 1.72. The summed E-state index contributed by atoms with van der Waals surface area (Å²) >= 11 is 0. The predicted octanol–water partition coefficient (Wildman–Crippen LogP) is 3.54. The van der Waals surface area contributed by atoms with Gasteiger partial charge in [-0.3, -0.25) is 53.0 Å². The number of nitrogens with two attached hydrogens (primary N) is 1. The number of urea groups is 1. The van der Waals surface area contributed by atoms with Crippen LogP contribution in [0.3, 0.4) is 0 Å². The van der Waals surface area contributed by atoms with E-state index < -0.39 is 123 Å². The van der Waals surface area contributed by atoms with Crippen molar-refractivity contribution in [2.24, 2.45) is 46.2 Å². The number of ether oxygens (including phenoxy) is 3. The van der Waals surface area contributed by atoms with Gasteiger partial charge in [-0.15, -0.1) is 0 Å². The molecular formula is C63H105N11O15S. The van der Waals surface area contributed by atoms with Gasteiger partial charge in [0.05, 0.1) is 60.8 Å². The molecule has 26 nitrogen and oxygen atoms in total. The predicted molar refractivity (Wildman–Crippen MR) is 340 cm³/mol. The molecule has 0 saturated carbocycles. The van der Waals surface area contributed by atoms with Crippen molar-refractivity contribution in [3.05, 3.63) is 36.4 Å². The number of amides is 11. The van der Waals surface area contributed by atoms with Gasteiger partial charge in [-0.25, -0.2) is 17.9 Å². The Labute approximate surface area is 533 Å². The third-order valence-corrected chi connectivity index (χ3v) is 18.0. The normalized spacial score (nSPS) is 17.7. The molecule has 0 aromatic heterocycles. The lowest BCUT2D eigenvalue weighted by Gasteiger charge is -2.41. The highest BCUT2D eigenvalue weighted by molar-refractivity contribution is 7.90. The van der Waals surface area contributed by atoms with Gasteiger partial charge in [0, 0.05) is 70.6 Å². The van der Waals surface area contributed by atoms with Crippen LogP contribution in [0.1, 0.15) is 135 Å². The number of benzene rings is 1. The monoisotopic (exact) mass is 1290 g/mol. The van der Waals surface area contributed by atoms with Crippen LogP contribution in [0.15, 0.2) is 41.3 Å². The number of sulfonamides is 1. The average Bonchev–Trinajstić information content (AvgIpc) is 1.36. The third-order valence-electron chi connectivity index (χ3n) is 16.6. The molecule has 508 valence electrons. The Kier molecular flexibility index (Phi) is 30.0. The molecule has 1 fully saturated rings. The SMILES string of the molecule is CCC(C)C(C(CC(=O)N1CCCC1C(OC)C(C)C(=O)NS(=O)(=O)c1ccc(NC(=O)C(CCCNC(N)=O)NC(=O)C(NC(=O)CC(C)(C)COCC(C)(C)CN2C(=O)C=CC2=O)C(C)C)cc1)OC)N(C)C(=O)C(NC(=O)C(C(C)C)N(C)C)C(C)C. The number of anilines is 1. The zero-order chi connectivity index (χ0) is 68.3. The van der Waals surface area contributed by atoms with Crippen LogP contribution in [0.5, 0.6) is 0 Å². The van der Waals surface area contributed by atoms with E-state index in [4.69, 9.17) is 19.9 Å². The fourth-order valence-corrected chi connectivity index (χ4v) is 12.7. The summed E-state index contributed by atoms with van der Waals surface area (Å²) < 4.78 is 47.7. The number of primary amides is 1. The minimum Gasteiger partial charge on any atom is -0.380 e. The maximum absolute atomic E-state index is 14.5. The first-order valence-corrected chi connectivity index (χ1v) is 32.6. The number of hydrogen-bond acceptors (Lipinski definition) is 16. The highest BCUT2D eigenvalue weighted by atomic mass is 32.2. The molecule has 2 heterocycles. The van der Waals surface area contributed by atoms with E-state index in [-0.39, 0.29) is 98.0 Å². The number of likely N-dealkylation sites (tertiary alicyclic amines) is 1. The van der Waals surface area contributed by atoms with E-state index >= 15 is 0 Å². The van der Waals surface area contributed by atoms with Crippen molar-refractivity contribution in [3.63, 3.8) is 0 Å². The Morgan fingerprint density at radius 3 is 1.87 bits per heavy atom. The van der Waals surface area contributed by atoms with Gasteiger partial charge in [0.2, 0.25) is 41.4 Å². The first-order chi connectivity index (χ1) is 41.8. The number of rotatable bonds is 37. The molecule has 3 rings (SSSR count). The summed E-state index contributed by atoms with van der Waals surface area (Å²) in [7, 11) is 3.63. The standard InChI is InChI=1S/C63H105N11O15S/c1-19-40(8)54(72(16)60(83)52(38(4)5)69-59(82)53(39(6)7)71(14)15)46(87-17)32-50(78)73-31-21-23-45(73)55(88-18)41(9)56(79)70-90(85,86)43-26-24-42(25-27-43)66-57(80)44(22-20-30-65-61(64)84)67-58(81)51(37(2)3)68-47(75)33-62(10,11)35-89-36-63(12,13)34-74-48(76)28-29-49(74)77/h24-29,37-41,44-46,51-55H,19-23,30-36H2,1-18H3,(H,66,80)(H,67,81)(H,68,75)(H,69,82)(H,70,79)(H3,64,65,84). The quantitative estimate of drug-likeness (QED) is 0.0370. The van der Waals surface area contributed by atoms with Crippen LogP contribution in [-0.2, 0) is 67.4 Å². The topological polar surface area (TPSA) is 344 Å². The molecule has 0 spiro atoms. The molecule has 2 aliphatic heterocycles. The van der Waals surface area contributed by atoms with Gasteiger partial charge in [-0.05, 0) is 93.1 Å². The van der Waals surface area contributed by atoms with Gasteiger partial charge in [0.25, 0.3) is 21.8 Å². The van der Waals surface area contributed by atoms with Gasteiger partial charge in [0.15, 0.2) is 0 Å². The maximum Gasteiger partial charge on any atom is 0.312 e. The average molecular weight is 1290 g/mol. The van der Waals surface area contributed by atoms with Gasteiger partial charge in [0.1, 0.15) is 18.1 Å². The summed E-state index contributed by atoms with van der Waals surface area (Å²) in [4.78, 5) is 139. The molecule has 10 unspecified atom stereocenters. The highest BCUT2D eigenvalue weighted by Crippen LogP contribution is 2.31. The summed E-state index contributed by atoms with van der Waals surface area (Å²) in [6, 6.07) is -0.703. The minimum atomic E-state index is -4.53. The zero-order valence-corrected chi connectivity index (χ0v) is 57.2. The van der Waals surface area contributed by atoms with E-state index in [1.54, 1.807) is 30.7 Å². The number of likely N-dealkylation sites (N-methyl/N-ethyl adjacent to an activating group) is 2. The van der Waals surface area contributed by atoms with Crippen molar-refractivity contribution in [1.82, 2.24) is 45.6 Å². The molecule has 0 aliphatic carbocycles. The van der Waals surface area contributed by atoms with Crippen LogP contribution in [0, 0.1) is 40.4 Å². The molecule has 90 heavy (non-hydrogen) atoms. The van der Waals surface area contributed by atoms with Crippen molar-refractivity contribution in [2.45, 2.75) is 188 Å². The van der Waals surface area contributed by atoms with Gasteiger partial charge in [-0.1, -0.05) is 96.4 Å². The summed E-state index contributed by atoms with van der Waals surface area (Å²) in [5, 5.41) is 13.6. The molecule has 8 N–H and O–H groups in total. The largest absolute Gasteiger partial charge is 0.380 e. The van der Waals surface area contributed by atoms with E-state index in [2.05, 4.69) is 31.3 Å². The second-order valence-electron chi connectivity index (χ2n) is 26.8. The first kappa shape index (κ1) is 77.7. The van der Waals surface area contributed by atoms with Crippen molar-refractivity contribution >= 4 is 74.9 Å². The van der Waals surface area contributed by atoms with Crippen molar-refractivity contribution in [2.75, 3.05) is 73.5 Å². The van der Waals surface area contributed by atoms with Gasteiger partial charge in [-0.2, -0.15) is 0 Å². The van der Waals surface area contributed by atoms with Crippen LogP contribution in [0.25, 0.3) is 0 Å². The summed E-state index contributed by atoms with van der Waals surface area (Å²) in [5.41, 5.74) is 4.07. The highest BCUT2D eigenvalue weighted by Gasteiger charge is 2.44. The molecule has 11 amide bonds. The minimum absolute atomic E-state index is 0.00480. The molecule has 1 aromatic carbocycles. The van der Waals surface area contributed by atoms with E-state index in [0.29, 0.717) is 25.8 Å². The smallest absolute Gasteiger partial charge is 0.312 e. The molecule has 2 aliphatic rings. The van der Waals surface area contributed by atoms with E-state index in [1.165, 1.54) is 57.6 Å². The van der Waals surface area contributed by atoms with Crippen LogP contribution >= 0.6 is 0 Å². The second-order valence-corrected chi connectivity index (χ2v) is 28.5. The number of carbonyl (C=O) groups excluding carboxylic acids is 10. The van der Waals surface area contributed by atoms with Crippen molar-refractivity contribution in [1.29, 1.82) is 0 Å². The number of imide groups is 1. The van der Waals surface area contributed by atoms with Crippen LogP contribution < -0.4 is 37.0 Å². The Hall–Kier alpha value is -6.55. The molecule has 1 aromatic rings. The lowest BCUT2D eigenvalue weighted by Crippen LogP contribution is -2.59. The number of carbonyl (C=O) groups is 10. The van der Waals surface area contributed by atoms with Gasteiger partial charge >= 0.3 is 6.03 Å². The summed E-state index contributed by atoms with van der Waals surface area (Å²) in [6.45, 7) is 24.7. The van der Waals surface area contributed by atoms with Crippen LogP contribution in [-0.4, -0.2) is 204 Å². The molecule has 27 heteroatoms. The van der Waals surface area contributed by atoms with E-state index in [1.807, 2.05) is 88.2 Å². The number of nitrogens with zero attached hydrogens (tertiary/aromatic N) is 4. The number of nitrogens with one attached hydrogen (secondary N) is 6.